The third kappa shape index (κ3) is 3.32. The van der Waals surface area contributed by atoms with Gasteiger partial charge in [0.15, 0.2) is 0 Å². The molecule has 0 atom stereocenters. The SMILES string of the molecule is CCOC(=O)c1c(C)[nH]c(-c2csc(C(C#N)=Cc3ccc[nH]3)n2)c1C. The summed E-state index contributed by atoms with van der Waals surface area (Å²) in [5.74, 6) is -0.343. The number of aromatic amines is 2. The van der Waals surface area contributed by atoms with Crippen LogP contribution in [0.2, 0.25) is 0 Å². The minimum atomic E-state index is -0.343. The molecule has 0 aliphatic heterocycles. The highest BCUT2D eigenvalue weighted by molar-refractivity contribution is 7.11. The molecule has 132 valence electrons. The maximum absolute atomic E-state index is 12.2. The van der Waals surface area contributed by atoms with E-state index in [9.17, 15) is 10.1 Å². The smallest absolute Gasteiger partial charge is 0.340 e. The summed E-state index contributed by atoms with van der Waals surface area (Å²) in [7, 11) is 0. The number of allylic oxidation sites excluding steroid dienone is 1. The number of esters is 1. The maximum Gasteiger partial charge on any atom is 0.340 e. The van der Waals surface area contributed by atoms with E-state index in [4.69, 9.17) is 4.74 Å². The molecule has 26 heavy (non-hydrogen) atoms. The number of carbonyl (C=O) groups is 1. The second kappa shape index (κ2) is 7.42. The number of aromatic nitrogens is 3. The van der Waals surface area contributed by atoms with Crippen molar-refractivity contribution in [2.45, 2.75) is 20.8 Å². The Balaban J connectivity index is 1.97. The van der Waals surface area contributed by atoms with Crippen molar-refractivity contribution < 1.29 is 9.53 Å². The summed E-state index contributed by atoms with van der Waals surface area (Å²) in [5, 5.41) is 12.0. The molecule has 0 saturated heterocycles. The van der Waals surface area contributed by atoms with E-state index in [0.717, 1.165) is 22.6 Å². The van der Waals surface area contributed by atoms with Gasteiger partial charge in [-0.2, -0.15) is 5.26 Å². The Hall–Kier alpha value is -3.11. The molecule has 0 bridgehead atoms. The monoisotopic (exact) mass is 366 g/mol. The number of carbonyl (C=O) groups excluding carboxylic acids is 1. The van der Waals surface area contributed by atoms with Gasteiger partial charge in [-0.05, 0) is 44.5 Å². The number of hydrogen-bond donors (Lipinski definition) is 2. The zero-order valence-corrected chi connectivity index (χ0v) is 15.5. The zero-order chi connectivity index (χ0) is 18.7. The minimum absolute atomic E-state index is 0.328. The van der Waals surface area contributed by atoms with Crippen molar-refractivity contribution in [3.8, 4) is 17.5 Å². The number of nitrogens with one attached hydrogen (secondary N) is 2. The van der Waals surface area contributed by atoms with E-state index in [-0.39, 0.29) is 5.97 Å². The van der Waals surface area contributed by atoms with Crippen molar-refractivity contribution in [2.24, 2.45) is 0 Å². The molecule has 3 aromatic rings. The second-order valence-corrected chi connectivity index (χ2v) is 6.54. The summed E-state index contributed by atoms with van der Waals surface area (Å²) in [6.07, 6.45) is 3.57. The van der Waals surface area contributed by atoms with Crippen molar-refractivity contribution in [3.63, 3.8) is 0 Å². The number of nitrogens with zero attached hydrogens (tertiary/aromatic N) is 2. The lowest BCUT2D eigenvalue weighted by molar-refractivity contribution is 0.0525. The Bertz CT molecular complexity index is 1000. The lowest BCUT2D eigenvalue weighted by Gasteiger charge is -2.02. The number of thiazole rings is 1. The van der Waals surface area contributed by atoms with Gasteiger partial charge < -0.3 is 14.7 Å². The van der Waals surface area contributed by atoms with Gasteiger partial charge >= 0.3 is 5.97 Å². The zero-order valence-electron chi connectivity index (χ0n) is 14.7. The summed E-state index contributed by atoms with van der Waals surface area (Å²) in [6, 6.07) is 5.95. The second-order valence-electron chi connectivity index (χ2n) is 5.68. The van der Waals surface area contributed by atoms with Crippen LogP contribution in [-0.2, 0) is 4.74 Å². The topological polar surface area (TPSA) is 94.6 Å². The predicted octanol–water partition coefficient (Wildman–Crippen LogP) is 4.32. The third-order valence-electron chi connectivity index (χ3n) is 3.95. The summed E-state index contributed by atoms with van der Waals surface area (Å²) >= 11 is 1.39. The molecule has 0 aliphatic carbocycles. The van der Waals surface area contributed by atoms with Crippen LogP contribution < -0.4 is 0 Å². The predicted molar refractivity (Wildman–Crippen MR) is 102 cm³/mol. The Labute approximate surface area is 155 Å². The lowest BCUT2D eigenvalue weighted by Crippen LogP contribution is -2.06. The van der Waals surface area contributed by atoms with Gasteiger partial charge in [0.2, 0.25) is 0 Å². The van der Waals surface area contributed by atoms with E-state index in [0.29, 0.717) is 28.4 Å². The molecule has 2 N–H and O–H groups in total. The van der Waals surface area contributed by atoms with Crippen LogP contribution in [0, 0.1) is 25.2 Å². The molecular weight excluding hydrogens is 348 g/mol. The third-order valence-corrected chi connectivity index (χ3v) is 4.83. The first-order valence-corrected chi connectivity index (χ1v) is 9.00. The fourth-order valence-electron chi connectivity index (χ4n) is 2.76. The molecule has 3 rings (SSSR count). The molecule has 0 unspecified atom stereocenters. The number of aryl methyl sites for hydroxylation is 1. The fourth-order valence-corrected chi connectivity index (χ4v) is 3.54. The van der Waals surface area contributed by atoms with E-state index < -0.39 is 0 Å². The van der Waals surface area contributed by atoms with Crippen LogP contribution in [0.3, 0.4) is 0 Å². The van der Waals surface area contributed by atoms with Gasteiger partial charge in [-0.3, -0.25) is 0 Å². The van der Waals surface area contributed by atoms with Crippen molar-refractivity contribution >= 4 is 29.0 Å². The molecule has 7 heteroatoms. The molecule has 6 nitrogen and oxygen atoms in total. The molecule has 0 aliphatic rings. The highest BCUT2D eigenvalue weighted by atomic mass is 32.1. The van der Waals surface area contributed by atoms with E-state index in [2.05, 4.69) is 21.0 Å². The Morgan fingerprint density at radius 1 is 1.46 bits per heavy atom. The first kappa shape index (κ1) is 17.7. The van der Waals surface area contributed by atoms with Crippen LogP contribution in [0.1, 0.15) is 39.2 Å². The molecule has 0 spiro atoms. The first-order chi connectivity index (χ1) is 12.5. The Morgan fingerprint density at radius 3 is 2.92 bits per heavy atom. The first-order valence-electron chi connectivity index (χ1n) is 8.12. The minimum Gasteiger partial charge on any atom is -0.462 e. The summed E-state index contributed by atoms with van der Waals surface area (Å²) in [4.78, 5) is 23.0. The van der Waals surface area contributed by atoms with E-state index >= 15 is 0 Å². The van der Waals surface area contributed by atoms with Crippen LogP contribution in [0.15, 0.2) is 23.7 Å². The van der Waals surface area contributed by atoms with Crippen molar-refractivity contribution in [1.29, 1.82) is 5.26 Å². The summed E-state index contributed by atoms with van der Waals surface area (Å²) in [5.41, 5.74) is 4.88. The lowest BCUT2D eigenvalue weighted by atomic mass is 10.1. The molecule has 0 fully saturated rings. The quantitative estimate of drug-likeness (QED) is 0.519. The highest BCUT2D eigenvalue weighted by Crippen LogP contribution is 2.31. The van der Waals surface area contributed by atoms with Crippen LogP contribution in [0.5, 0.6) is 0 Å². The van der Waals surface area contributed by atoms with Gasteiger partial charge in [0, 0.05) is 23.0 Å². The Morgan fingerprint density at radius 2 is 2.27 bits per heavy atom. The number of ether oxygens (including phenoxy) is 1. The molecule has 0 saturated carbocycles. The van der Waals surface area contributed by atoms with Gasteiger partial charge in [0.1, 0.15) is 11.1 Å². The van der Waals surface area contributed by atoms with Crippen LogP contribution in [0.25, 0.3) is 23.0 Å². The van der Waals surface area contributed by atoms with Gasteiger partial charge in [-0.15, -0.1) is 11.3 Å². The number of hydrogen-bond acceptors (Lipinski definition) is 5. The van der Waals surface area contributed by atoms with E-state index in [1.54, 1.807) is 19.2 Å². The van der Waals surface area contributed by atoms with Crippen LogP contribution in [-0.4, -0.2) is 27.5 Å². The van der Waals surface area contributed by atoms with Gasteiger partial charge in [0.25, 0.3) is 0 Å². The number of nitriles is 1. The summed E-state index contributed by atoms with van der Waals surface area (Å²) in [6.45, 7) is 5.81. The Kier molecular flexibility index (Phi) is 5.05. The molecular formula is C19H18N4O2S. The van der Waals surface area contributed by atoms with Crippen LogP contribution in [0.4, 0.5) is 0 Å². The van der Waals surface area contributed by atoms with E-state index in [1.807, 2.05) is 31.4 Å². The van der Waals surface area contributed by atoms with Gasteiger partial charge in [-0.1, -0.05) is 0 Å². The fraction of sp³-hybridized carbons (Fsp3) is 0.211. The van der Waals surface area contributed by atoms with Crippen molar-refractivity contribution in [1.82, 2.24) is 15.0 Å². The molecule has 3 aromatic heterocycles. The maximum atomic E-state index is 12.2. The largest absolute Gasteiger partial charge is 0.462 e. The molecule has 3 heterocycles. The van der Waals surface area contributed by atoms with Crippen molar-refractivity contribution in [2.75, 3.05) is 6.61 Å². The molecule has 0 radical (unpaired) electrons. The summed E-state index contributed by atoms with van der Waals surface area (Å²) < 4.78 is 5.13. The average molecular weight is 366 g/mol. The van der Waals surface area contributed by atoms with Gasteiger partial charge in [0.05, 0.1) is 29.1 Å². The standard InChI is InChI=1S/C19H18N4O2S/c1-4-25-19(24)16-11(2)17(22-12(16)3)15-10-26-18(23-15)13(9-20)8-14-6-5-7-21-14/h5-8,10,21-22H,4H2,1-3H3. The van der Waals surface area contributed by atoms with Crippen molar-refractivity contribution in [3.05, 3.63) is 51.2 Å². The number of rotatable bonds is 5. The molecule has 0 amide bonds. The number of H-pyrrole nitrogens is 2. The molecule has 0 aromatic carbocycles. The average Bonchev–Trinajstić information content (AvgIpc) is 3.33. The highest BCUT2D eigenvalue weighted by Gasteiger charge is 2.21. The van der Waals surface area contributed by atoms with Crippen LogP contribution >= 0.6 is 11.3 Å². The van der Waals surface area contributed by atoms with E-state index in [1.165, 1.54) is 11.3 Å². The normalized spacial score (nSPS) is 11.4. The van der Waals surface area contributed by atoms with Gasteiger partial charge in [-0.25, -0.2) is 9.78 Å².